The Balaban J connectivity index is 1.30. The minimum atomic E-state index is -0.191. The van der Waals surface area contributed by atoms with E-state index >= 15 is 0 Å². The molecule has 1 saturated carbocycles. The van der Waals surface area contributed by atoms with E-state index in [9.17, 15) is 4.79 Å². The van der Waals surface area contributed by atoms with Gasteiger partial charge in [-0.25, -0.2) is 4.98 Å². The molecule has 5 aromatic rings. The molecule has 37 heavy (non-hydrogen) atoms. The van der Waals surface area contributed by atoms with Gasteiger partial charge in [0.05, 0.1) is 0 Å². The summed E-state index contributed by atoms with van der Waals surface area (Å²) >= 11 is 0. The molecule has 0 amide bonds. The highest BCUT2D eigenvalue weighted by Gasteiger charge is 2.32. The maximum absolute atomic E-state index is 12.6. The van der Waals surface area contributed by atoms with E-state index in [0.717, 1.165) is 40.3 Å². The molecule has 6 rings (SSSR count). The van der Waals surface area contributed by atoms with Crippen LogP contribution in [-0.2, 0) is 4.79 Å². The lowest BCUT2D eigenvalue weighted by Crippen LogP contribution is -2.16. The maximum Gasteiger partial charge on any atom is 0.311 e. The van der Waals surface area contributed by atoms with Crippen molar-refractivity contribution in [3.8, 4) is 17.2 Å². The Bertz CT molecular complexity index is 1580. The summed E-state index contributed by atoms with van der Waals surface area (Å²) in [4.78, 5) is 17.5. The number of benzene rings is 4. The highest BCUT2D eigenvalue weighted by atomic mass is 16.5. The number of aryl methyl sites for hydroxylation is 2. The van der Waals surface area contributed by atoms with Gasteiger partial charge in [0, 0.05) is 22.8 Å². The lowest BCUT2D eigenvalue weighted by molar-refractivity contribution is -0.135. The molecule has 3 atom stereocenters. The normalized spacial score (nSPS) is 19.6. The van der Waals surface area contributed by atoms with Crippen molar-refractivity contribution >= 4 is 38.6 Å². The molecule has 3 unspecified atom stereocenters. The smallest absolute Gasteiger partial charge is 0.311 e. The SMILES string of the molecule is C=CC1CC(C)CC1CC(=O)Oc1ccc(-c2nc3c4ccc(C)cc4c4cc(C)ccc4c3o2)cc1. The predicted molar refractivity (Wildman–Crippen MR) is 150 cm³/mol. The molecule has 4 heteroatoms. The Labute approximate surface area is 217 Å². The first-order valence-electron chi connectivity index (χ1n) is 13.1. The summed E-state index contributed by atoms with van der Waals surface area (Å²) in [5, 5.41) is 4.50. The first-order chi connectivity index (χ1) is 17.9. The largest absolute Gasteiger partial charge is 0.435 e. The number of allylic oxidation sites excluding steroid dienone is 1. The molecular formula is C33H31NO3. The molecule has 0 aliphatic heterocycles. The highest BCUT2D eigenvalue weighted by Crippen LogP contribution is 2.40. The van der Waals surface area contributed by atoms with Crippen molar-refractivity contribution in [1.82, 2.24) is 4.98 Å². The van der Waals surface area contributed by atoms with E-state index in [1.165, 1.54) is 21.9 Å². The van der Waals surface area contributed by atoms with E-state index in [4.69, 9.17) is 14.1 Å². The Morgan fingerprint density at radius 3 is 2.35 bits per heavy atom. The number of hydrogen-bond donors (Lipinski definition) is 0. The minimum Gasteiger partial charge on any atom is -0.435 e. The van der Waals surface area contributed by atoms with Crippen LogP contribution in [0.3, 0.4) is 0 Å². The summed E-state index contributed by atoms with van der Waals surface area (Å²) in [5.41, 5.74) is 4.92. The topological polar surface area (TPSA) is 52.3 Å². The zero-order valence-electron chi connectivity index (χ0n) is 21.6. The molecule has 4 nitrogen and oxygen atoms in total. The van der Waals surface area contributed by atoms with Crippen molar-refractivity contribution in [3.05, 3.63) is 84.4 Å². The van der Waals surface area contributed by atoms with Gasteiger partial charge in [-0.2, -0.15) is 0 Å². The first-order valence-corrected chi connectivity index (χ1v) is 13.1. The summed E-state index contributed by atoms with van der Waals surface area (Å²) in [6, 6.07) is 20.3. The monoisotopic (exact) mass is 489 g/mol. The zero-order valence-corrected chi connectivity index (χ0v) is 21.6. The van der Waals surface area contributed by atoms with Crippen molar-refractivity contribution in [1.29, 1.82) is 0 Å². The molecule has 0 radical (unpaired) electrons. The summed E-state index contributed by atoms with van der Waals surface area (Å²) in [6.45, 7) is 10.4. The third kappa shape index (κ3) is 4.31. The number of hydrogen-bond acceptors (Lipinski definition) is 4. The van der Waals surface area contributed by atoms with Gasteiger partial charge in [0.1, 0.15) is 11.3 Å². The molecule has 1 aliphatic rings. The molecule has 0 bridgehead atoms. The van der Waals surface area contributed by atoms with Crippen molar-refractivity contribution < 1.29 is 13.9 Å². The number of aromatic nitrogens is 1. The van der Waals surface area contributed by atoms with Gasteiger partial charge in [0.2, 0.25) is 5.89 Å². The molecule has 186 valence electrons. The fourth-order valence-corrected chi connectivity index (χ4v) is 6.00. The lowest BCUT2D eigenvalue weighted by Gasteiger charge is -2.14. The standard InChI is InChI=1S/C33H31NO3/c1-5-22-14-21(4)15-24(22)18-30(35)36-25-10-8-23(9-11-25)33-34-31-26-12-6-19(2)16-28(26)29-17-20(3)7-13-27(29)32(31)37-33/h5-13,16-17,21-22,24H,1,14-15,18H2,2-4H3. The number of carbonyl (C=O) groups excluding carboxylic acids is 1. The van der Waals surface area contributed by atoms with Gasteiger partial charge < -0.3 is 9.15 Å². The number of rotatable bonds is 5. The second-order valence-electron chi connectivity index (χ2n) is 10.7. The van der Waals surface area contributed by atoms with Crippen molar-refractivity contribution in [2.75, 3.05) is 0 Å². The van der Waals surface area contributed by atoms with Gasteiger partial charge in [-0.3, -0.25) is 4.79 Å². The Hall–Kier alpha value is -3.92. The quantitative estimate of drug-likeness (QED) is 0.107. The summed E-state index contributed by atoms with van der Waals surface area (Å²) < 4.78 is 12.0. The lowest BCUT2D eigenvalue weighted by atomic mass is 9.93. The van der Waals surface area contributed by atoms with Crippen molar-refractivity contribution in [2.24, 2.45) is 17.8 Å². The van der Waals surface area contributed by atoms with Crippen LogP contribution in [0.4, 0.5) is 0 Å². The molecule has 1 aliphatic carbocycles. The van der Waals surface area contributed by atoms with Crippen LogP contribution in [0.15, 0.2) is 77.7 Å². The second-order valence-corrected chi connectivity index (χ2v) is 10.7. The summed E-state index contributed by atoms with van der Waals surface area (Å²) in [5.74, 6) is 2.23. The number of ether oxygens (including phenoxy) is 1. The van der Waals surface area contributed by atoms with Gasteiger partial charge in [-0.05, 0) is 79.5 Å². The third-order valence-electron chi connectivity index (χ3n) is 7.82. The van der Waals surface area contributed by atoms with E-state index in [0.29, 0.717) is 35.8 Å². The fraction of sp³-hybridized carbons (Fsp3) is 0.273. The molecule has 0 saturated heterocycles. The van der Waals surface area contributed by atoms with E-state index in [1.54, 1.807) is 0 Å². The van der Waals surface area contributed by atoms with E-state index in [1.807, 2.05) is 30.3 Å². The molecule has 1 heterocycles. The molecule has 1 aromatic heterocycles. The average Bonchev–Trinajstić information content (AvgIpc) is 3.48. The van der Waals surface area contributed by atoms with Crippen LogP contribution in [0, 0.1) is 31.6 Å². The van der Waals surface area contributed by atoms with Crippen LogP contribution in [0.1, 0.15) is 37.3 Å². The highest BCUT2D eigenvalue weighted by molar-refractivity contribution is 6.23. The molecule has 1 fully saturated rings. The van der Waals surface area contributed by atoms with Crippen LogP contribution in [0.25, 0.3) is 44.1 Å². The Kier molecular flexibility index (Phi) is 5.83. The van der Waals surface area contributed by atoms with Gasteiger partial charge >= 0.3 is 5.97 Å². The average molecular weight is 490 g/mol. The fourth-order valence-electron chi connectivity index (χ4n) is 6.00. The third-order valence-corrected chi connectivity index (χ3v) is 7.82. The van der Waals surface area contributed by atoms with Gasteiger partial charge in [0.25, 0.3) is 0 Å². The van der Waals surface area contributed by atoms with Crippen molar-refractivity contribution in [2.45, 2.75) is 40.0 Å². The maximum atomic E-state index is 12.6. The molecule has 0 spiro atoms. The molecule has 0 N–H and O–H groups in total. The summed E-state index contributed by atoms with van der Waals surface area (Å²) in [7, 11) is 0. The molecule has 4 aromatic carbocycles. The second kappa shape index (κ2) is 9.19. The van der Waals surface area contributed by atoms with E-state index < -0.39 is 0 Å². The van der Waals surface area contributed by atoms with Gasteiger partial charge in [0.15, 0.2) is 5.58 Å². The van der Waals surface area contributed by atoms with Crippen LogP contribution in [0.2, 0.25) is 0 Å². The first kappa shape index (κ1) is 23.5. The van der Waals surface area contributed by atoms with Crippen molar-refractivity contribution in [3.63, 3.8) is 0 Å². The minimum absolute atomic E-state index is 0.191. The van der Waals surface area contributed by atoms with Crippen LogP contribution in [-0.4, -0.2) is 11.0 Å². The van der Waals surface area contributed by atoms with Crippen LogP contribution < -0.4 is 4.74 Å². The van der Waals surface area contributed by atoms with Gasteiger partial charge in [-0.1, -0.05) is 60.5 Å². The number of oxazole rings is 1. The summed E-state index contributed by atoms with van der Waals surface area (Å²) in [6.07, 6.45) is 4.56. The van der Waals surface area contributed by atoms with Crippen LogP contribution >= 0.6 is 0 Å². The number of esters is 1. The number of fused-ring (bicyclic) bond motifs is 6. The van der Waals surface area contributed by atoms with Gasteiger partial charge in [-0.15, -0.1) is 6.58 Å². The number of carbonyl (C=O) groups is 1. The van der Waals surface area contributed by atoms with E-state index in [-0.39, 0.29) is 5.97 Å². The van der Waals surface area contributed by atoms with E-state index in [2.05, 4.69) is 63.7 Å². The predicted octanol–water partition coefficient (Wildman–Crippen LogP) is 8.56. The Morgan fingerprint density at radius 1 is 0.973 bits per heavy atom. The molecular weight excluding hydrogens is 458 g/mol. The van der Waals surface area contributed by atoms with Crippen LogP contribution in [0.5, 0.6) is 5.75 Å². The zero-order chi connectivity index (χ0) is 25.7. The number of nitrogens with zero attached hydrogens (tertiary/aromatic N) is 1. The Morgan fingerprint density at radius 2 is 1.65 bits per heavy atom.